The van der Waals surface area contributed by atoms with Crippen molar-refractivity contribution in [3.05, 3.63) is 59.7 Å². The van der Waals surface area contributed by atoms with Crippen LogP contribution in [0.3, 0.4) is 0 Å². The van der Waals surface area contributed by atoms with E-state index in [9.17, 15) is 18.0 Å². The van der Waals surface area contributed by atoms with Gasteiger partial charge in [0.15, 0.2) is 0 Å². The van der Waals surface area contributed by atoms with Crippen LogP contribution in [0.15, 0.2) is 48.5 Å². The van der Waals surface area contributed by atoms with Gasteiger partial charge in [-0.3, -0.25) is 9.69 Å². The van der Waals surface area contributed by atoms with Gasteiger partial charge >= 0.3 is 12.1 Å². The number of ether oxygens (including phenoxy) is 1. The zero-order chi connectivity index (χ0) is 25.1. The van der Waals surface area contributed by atoms with E-state index in [2.05, 4.69) is 49.1 Å². The molecule has 2 heterocycles. The van der Waals surface area contributed by atoms with Gasteiger partial charge in [0.1, 0.15) is 5.75 Å². The maximum Gasteiger partial charge on any atom is 0.490 e. The third-order valence-electron chi connectivity index (χ3n) is 6.07. The van der Waals surface area contributed by atoms with Gasteiger partial charge in [0.2, 0.25) is 5.91 Å². The highest BCUT2D eigenvalue weighted by molar-refractivity contribution is 6.08. The van der Waals surface area contributed by atoms with Crippen molar-refractivity contribution >= 4 is 17.6 Å². The molecule has 1 saturated heterocycles. The van der Waals surface area contributed by atoms with E-state index in [1.54, 1.807) is 7.11 Å². The number of hydrogen-bond acceptors (Lipinski definition) is 4. The van der Waals surface area contributed by atoms with Gasteiger partial charge in [-0.2, -0.15) is 13.2 Å². The predicted octanol–water partition coefficient (Wildman–Crippen LogP) is 4.47. The highest BCUT2D eigenvalue weighted by atomic mass is 19.4. The quantitative estimate of drug-likeness (QED) is 0.687. The summed E-state index contributed by atoms with van der Waals surface area (Å²) in [6.45, 7) is 7.74. The van der Waals surface area contributed by atoms with E-state index >= 15 is 0 Å². The van der Waals surface area contributed by atoms with E-state index in [1.165, 1.54) is 11.1 Å². The molecule has 2 aliphatic heterocycles. The number of carboxylic acids is 1. The second kappa shape index (κ2) is 10.0. The number of nitrogens with zero attached hydrogens (tertiary/aromatic N) is 2. The minimum Gasteiger partial charge on any atom is -0.497 e. The third kappa shape index (κ3) is 5.35. The number of fused-ring (bicyclic) bond motifs is 2. The maximum atomic E-state index is 13.5. The fourth-order valence-corrected chi connectivity index (χ4v) is 4.55. The standard InChI is InChI=1S/C23H28N2O2.C2HF3O2/c1-17(2)14-25-21-7-5-4-6-20(21)23(22(25)26)12-13-24(16-23)15-18-8-10-19(27-3)11-9-18;3-2(4,5)1(6)7/h4-11,17H,12-16H2,1-3H3;(H,6,7). The summed E-state index contributed by atoms with van der Waals surface area (Å²) in [6, 6.07) is 16.6. The number of benzene rings is 2. The number of carbonyl (C=O) groups excluding carboxylic acids is 1. The monoisotopic (exact) mass is 478 g/mol. The van der Waals surface area contributed by atoms with Crippen LogP contribution in [0.2, 0.25) is 0 Å². The number of anilines is 1. The summed E-state index contributed by atoms with van der Waals surface area (Å²) in [5.74, 6) is -1.14. The average Bonchev–Trinajstić information content (AvgIpc) is 3.30. The predicted molar refractivity (Wildman–Crippen MR) is 122 cm³/mol. The number of rotatable bonds is 5. The molecule has 2 aromatic rings. The first-order chi connectivity index (χ1) is 16.0. The average molecular weight is 479 g/mol. The van der Waals surface area contributed by atoms with Crippen molar-refractivity contribution in [1.29, 1.82) is 0 Å². The molecule has 1 unspecified atom stereocenters. The van der Waals surface area contributed by atoms with Crippen LogP contribution in [0, 0.1) is 5.92 Å². The minimum absolute atomic E-state index is 0.287. The lowest BCUT2D eigenvalue weighted by atomic mass is 9.81. The first-order valence-corrected chi connectivity index (χ1v) is 11.0. The Hall–Kier alpha value is -3.07. The first-order valence-electron chi connectivity index (χ1n) is 11.0. The van der Waals surface area contributed by atoms with Crippen molar-refractivity contribution < 1.29 is 32.6 Å². The zero-order valence-corrected chi connectivity index (χ0v) is 19.4. The molecule has 1 spiro atoms. The summed E-state index contributed by atoms with van der Waals surface area (Å²) in [5.41, 5.74) is 3.21. The lowest BCUT2D eigenvalue weighted by Crippen LogP contribution is -2.43. The molecular weight excluding hydrogens is 449 g/mol. The van der Waals surface area contributed by atoms with E-state index in [4.69, 9.17) is 14.6 Å². The van der Waals surface area contributed by atoms with Crippen molar-refractivity contribution in [2.75, 3.05) is 31.6 Å². The van der Waals surface area contributed by atoms with Crippen molar-refractivity contribution in [3.8, 4) is 5.75 Å². The van der Waals surface area contributed by atoms with Crippen molar-refractivity contribution in [2.24, 2.45) is 5.92 Å². The van der Waals surface area contributed by atoms with Crippen LogP contribution in [0.5, 0.6) is 5.75 Å². The highest BCUT2D eigenvalue weighted by Gasteiger charge is 2.54. The Labute approximate surface area is 196 Å². The van der Waals surface area contributed by atoms with Crippen LogP contribution >= 0.6 is 0 Å². The number of carbonyl (C=O) groups is 2. The van der Waals surface area contributed by atoms with Crippen LogP contribution in [0.25, 0.3) is 0 Å². The molecule has 6 nitrogen and oxygen atoms in total. The Kier molecular flexibility index (Phi) is 7.55. The summed E-state index contributed by atoms with van der Waals surface area (Å²) in [6.07, 6.45) is -4.19. The Balaban J connectivity index is 0.000000406. The summed E-state index contributed by atoms with van der Waals surface area (Å²) in [5, 5.41) is 7.12. The molecule has 1 amide bonds. The Morgan fingerprint density at radius 2 is 1.76 bits per heavy atom. The number of halogens is 3. The largest absolute Gasteiger partial charge is 0.497 e. The van der Waals surface area contributed by atoms with Gasteiger partial charge in [-0.1, -0.05) is 44.2 Å². The van der Waals surface area contributed by atoms with Crippen LogP contribution in [0.1, 0.15) is 31.4 Å². The number of carboxylic acid groups (broad SMARTS) is 1. The lowest BCUT2D eigenvalue weighted by Gasteiger charge is -2.25. The van der Waals surface area contributed by atoms with E-state index < -0.39 is 12.1 Å². The molecule has 1 atom stereocenters. The van der Waals surface area contributed by atoms with E-state index in [1.807, 2.05) is 23.1 Å². The molecule has 1 N–H and O–H groups in total. The Morgan fingerprint density at radius 3 is 2.32 bits per heavy atom. The van der Waals surface area contributed by atoms with Crippen molar-refractivity contribution in [1.82, 2.24) is 4.90 Å². The lowest BCUT2D eigenvalue weighted by molar-refractivity contribution is -0.192. The number of methoxy groups -OCH3 is 1. The first kappa shape index (κ1) is 25.6. The van der Waals surface area contributed by atoms with Gasteiger partial charge in [0.05, 0.1) is 12.5 Å². The third-order valence-corrected chi connectivity index (χ3v) is 6.07. The van der Waals surface area contributed by atoms with Gasteiger partial charge in [-0.25, -0.2) is 4.79 Å². The molecule has 1 fully saturated rings. The minimum atomic E-state index is -5.08. The molecule has 34 heavy (non-hydrogen) atoms. The smallest absolute Gasteiger partial charge is 0.490 e. The summed E-state index contributed by atoms with van der Waals surface area (Å²) >= 11 is 0. The van der Waals surface area contributed by atoms with Crippen LogP contribution < -0.4 is 9.64 Å². The van der Waals surface area contributed by atoms with Crippen LogP contribution in [0.4, 0.5) is 18.9 Å². The van der Waals surface area contributed by atoms with E-state index in [0.717, 1.165) is 44.0 Å². The number of amides is 1. The molecule has 9 heteroatoms. The van der Waals surface area contributed by atoms with Gasteiger partial charge in [-0.05, 0) is 48.2 Å². The SMILES string of the molecule is COc1ccc(CN2CCC3(C2)C(=O)N(CC(C)C)c2ccccc23)cc1.O=C(O)C(F)(F)F. The molecule has 184 valence electrons. The molecule has 0 aromatic heterocycles. The van der Waals surface area contributed by atoms with E-state index in [0.29, 0.717) is 5.92 Å². The second-order valence-corrected chi connectivity index (χ2v) is 9.02. The molecular formula is C25H29F3N2O4. The Bertz CT molecular complexity index is 1020. The normalized spacial score (nSPS) is 19.9. The molecule has 0 saturated carbocycles. The van der Waals surface area contributed by atoms with Crippen molar-refractivity contribution in [3.63, 3.8) is 0 Å². The molecule has 0 aliphatic carbocycles. The van der Waals surface area contributed by atoms with E-state index in [-0.39, 0.29) is 11.3 Å². The maximum absolute atomic E-state index is 13.5. The second-order valence-electron chi connectivity index (χ2n) is 9.02. The number of hydrogen-bond donors (Lipinski definition) is 1. The zero-order valence-electron chi connectivity index (χ0n) is 19.4. The summed E-state index contributed by atoms with van der Waals surface area (Å²) in [4.78, 5) is 26.8. The highest BCUT2D eigenvalue weighted by Crippen LogP contribution is 2.47. The topological polar surface area (TPSA) is 70.1 Å². The number of alkyl halides is 3. The summed E-state index contributed by atoms with van der Waals surface area (Å²) < 4.78 is 37.0. The van der Waals surface area contributed by atoms with Gasteiger partial charge in [-0.15, -0.1) is 0 Å². The van der Waals surface area contributed by atoms with Gasteiger partial charge < -0.3 is 14.7 Å². The number of likely N-dealkylation sites (tertiary alicyclic amines) is 1. The van der Waals surface area contributed by atoms with Gasteiger partial charge in [0.25, 0.3) is 0 Å². The fraction of sp³-hybridized carbons (Fsp3) is 0.440. The van der Waals surface area contributed by atoms with Crippen LogP contribution in [-0.2, 0) is 21.5 Å². The Morgan fingerprint density at radius 1 is 1.15 bits per heavy atom. The molecule has 2 aliphatic rings. The molecule has 0 bridgehead atoms. The number of para-hydroxylation sites is 1. The fourth-order valence-electron chi connectivity index (χ4n) is 4.55. The van der Waals surface area contributed by atoms with Gasteiger partial charge in [0, 0.05) is 25.3 Å². The molecule has 0 radical (unpaired) electrons. The van der Waals surface area contributed by atoms with Crippen molar-refractivity contribution in [2.45, 2.75) is 38.4 Å². The summed E-state index contributed by atoms with van der Waals surface area (Å²) in [7, 11) is 1.69. The molecule has 4 rings (SSSR count). The molecule has 2 aromatic carbocycles. The van der Waals surface area contributed by atoms with Crippen LogP contribution in [-0.4, -0.2) is 54.8 Å². The number of aliphatic carboxylic acids is 1.